The molecule has 0 bridgehead atoms. The van der Waals surface area contributed by atoms with E-state index in [4.69, 9.17) is 22.1 Å². The summed E-state index contributed by atoms with van der Waals surface area (Å²) >= 11 is 7.78. The number of thiophene rings is 1. The van der Waals surface area contributed by atoms with Crippen LogP contribution >= 0.6 is 22.9 Å². The Bertz CT molecular complexity index is 1190. The maximum Gasteiger partial charge on any atom is 0.259 e. The lowest BCUT2D eigenvalue weighted by molar-refractivity contribution is -0.139. The van der Waals surface area contributed by atoms with Gasteiger partial charge in [0, 0.05) is 35.3 Å². The Morgan fingerprint density at radius 3 is 2.53 bits per heavy atom. The van der Waals surface area contributed by atoms with Crippen molar-refractivity contribution in [2.75, 3.05) is 13.2 Å². The first-order valence-corrected chi connectivity index (χ1v) is 14.0. The van der Waals surface area contributed by atoms with Gasteiger partial charge in [-0.2, -0.15) is 0 Å². The summed E-state index contributed by atoms with van der Waals surface area (Å²) in [6, 6.07) is 1.25. The van der Waals surface area contributed by atoms with Gasteiger partial charge in [0.1, 0.15) is 24.6 Å². The molecule has 10 heteroatoms. The number of primary amides is 1. The molecule has 2 aromatic rings. The van der Waals surface area contributed by atoms with Crippen LogP contribution in [-0.2, 0) is 14.3 Å². The second-order valence-electron chi connectivity index (χ2n) is 10.4. The molecule has 2 saturated heterocycles. The molecule has 0 unspecified atom stereocenters. The maximum atomic E-state index is 14.2. The fourth-order valence-corrected chi connectivity index (χ4v) is 7.44. The lowest BCUT2D eigenvalue weighted by Crippen LogP contribution is -2.46. The van der Waals surface area contributed by atoms with Crippen LogP contribution in [0.1, 0.15) is 77.8 Å². The van der Waals surface area contributed by atoms with Gasteiger partial charge in [-0.3, -0.25) is 14.4 Å². The molecule has 0 aromatic carbocycles. The van der Waals surface area contributed by atoms with Crippen LogP contribution in [0, 0.1) is 5.92 Å². The average molecular weight is 529 g/mol. The normalized spacial score (nSPS) is 27.3. The zero-order valence-electron chi connectivity index (χ0n) is 19.9. The second-order valence-corrected chi connectivity index (χ2v) is 12.0. The Morgan fingerprint density at radius 1 is 1.14 bits per heavy atom. The first kappa shape index (κ1) is 24.0. The Labute approximate surface area is 218 Å². The Morgan fingerprint density at radius 2 is 1.86 bits per heavy atom. The fourth-order valence-electron chi connectivity index (χ4n) is 6.05. The molecule has 4 atom stereocenters. The molecule has 36 heavy (non-hydrogen) atoms. The molecular formula is C26H29ClN4O4S. The summed E-state index contributed by atoms with van der Waals surface area (Å²) in [5, 5.41) is -0.437. The average Bonchev–Trinajstić information content (AvgIpc) is 3.39. The molecule has 2 aliphatic heterocycles. The van der Waals surface area contributed by atoms with E-state index in [1.165, 1.54) is 11.3 Å². The number of carbonyl (C=O) groups excluding carboxylic acids is 3. The number of Topliss-reactive ketones (excluding diaryl/α,β-unsaturated/α-hetero) is 1. The third kappa shape index (κ3) is 4.25. The third-order valence-corrected chi connectivity index (χ3v) is 9.61. The van der Waals surface area contributed by atoms with Crippen LogP contribution < -0.4 is 5.73 Å². The van der Waals surface area contributed by atoms with Crippen LogP contribution in [0.3, 0.4) is 0 Å². The molecule has 190 valence electrons. The molecule has 2 aliphatic carbocycles. The van der Waals surface area contributed by atoms with E-state index in [1.807, 2.05) is 6.07 Å². The van der Waals surface area contributed by atoms with Gasteiger partial charge in [-0.25, -0.2) is 9.97 Å². The number of halogens is 1. The first-order chi connectivity index (χ1) is 17.4. The minimum Gasteiger partial charge on any atom is -0.366 e. The van der Waals surface area contributed by atoms with Crippen molar-refractivity contribution in [2.24, 2.45) is 11.7 Å². The smallest absolute Gasteiger partial charge is 0.259 e. The highest BCUT2D eigenvalue weighted by Crippen LogP contribution is 2.45. The highest BCUT2D eigenvalue weighted by Gasteiger charge is 2.53. The number of hydrogen-bond acceptors (Lipinski definition) is 7. The van der Waals surface area contributed by atoms with E-state index in [1.54, 1.807) is 17.3 Å². The predicted molar refractivity (Wildman–Crippen MR) is 135 cm³/mol. The van der Waals surface area contributed by atoms with E-state index >= 15 is 0 Å². The number of rotatable bonds is 6. The zero-order chi connectivity index (χ0) is 25.0. The quantitative estimate of drug-likeness (QED) is 0.572. The van der Waals surface area contributed by atoms with Crippen molar-refractivity contribution in [3.8, 4) is 10.4 Å². The van der Waals surface area contributed by atoms with Gasteiger partial charge in [0.25, 0.3) is 5.91 Å². The van der Waals surface area contributed by atoms with Crippen LogP contribution in [0.5, 0.6) is 0 Å². The number of amides is 2. The number of likely N-dealkylation sites (tertiary alicyclic amines) is 1. The minimum atomic E-state index is -0.662. The summed E-state index contributed by atoms with van der Waals surface area (Å²) in [5.41, 5.74) is 7.29. The van der Waals surface area contributed by atoms with Gasteiger partial charge in [-0.05, 0) is 43.2 Å². The molecule has 2 saturated carbocycles. The number of ketones is 1. The number of nitrogens with zero attached hydrogens (tertiary/aromatic N) is 3. The number of carbonyl (C=O) groups is 3. The number of aromatic nitrogens is 2. The topological polar surface area (TPSA) is 115 Å². The van der Waals surface area contributed by atoms with Crippen molar-refractivity contribution < 1.29 is 19.1 Å². The SMILES string of the molecule is NC(=O)c1sc(-c2cnc(C3CC3)nc2)cc1[C@@H](C(=O)N1C[C@H](Cl)[C@H]2OCC(=O)[C@H]21)C1CCCCC1. The van der Waals surface area contributed by atoms with E-state index in [-0.39, 0.29) is 30.8 Å². The lowest BCUT2D eigenvalue weighted by atomic mass is 9.75. The fraction of sp³-hybridized carbons (Fsp3) is 0.577. The molecule has 0 radical (unpaired) electrons. The van der Waals surface area contributed by atoms with Gasteiger partial charge in [0.15, 0.2) is 5.78 Å². The first-order valence-electron chi connectivity index (χ1n) is 12.8. The van der Waals surface area contributed by atoms with Crippen LogP contribution in [0.15, 0.2) is 18.5 Å². The maximum absolute atomic E-state index is 14.2. The Balaban J connectivity index is 1.39. The molecule has 2 amide bonds. The van der Waals surface area contributed by atoms with Crippen LogP contribution in [0.4, 0.5) is 0 Å². The molecule has 4 aliphatic rings. The highest BCUT2D eigenvalue weighted by molar-refractivity contribution is 7.17. The minimum absolute atomic E-state index is 0.0254. The largest absolute Gasteiger partial charge is 0.366 e. The summed E-state index contributed by atoms with van der Waals surface area (Å²) in [4.78, 5) is 51.3. The molecule has 0 spiro atoms. The van der Waals surface area contributed by atoms with E-state index < -0.39 is 29.3 Å². The van der Waals surface area contributed by atoms with Gasteiger partial charge in [-0.1, -0.05) is 19.3 Å². The highest BCUT2D eigenvalue weighted by atomic mass is 35.5. The van der Waals surface area contributed by atoms with Crippen molar-refractivity contribution in [1.29, 1.82) is 0 Å². The van der Waals surface area contributed by atoms with Crippen molar-refractivity contribution in [3.63, 3.8) is 0 Å². The lowest BCUT2D eigenvalue weighted by Gasteiger charge is -2.34. The zero-order valence-corrected chi connectivity index (χ0v) is 21.5. The van der Waals surface area contributed by atoms with Gasteiger partial charge in [0.2, 0.25) is 5.91 Å². The third-order valence-electron chi connectivity index (χ3n) is 8.01. The van der Waals surface area contributed by atoms with Crippen molar-refractivity contribution in [3.05, 3.63) is 34.7 Å². The van der Waals surface area contributed by atoms with Gasteiger partial charge < -0.3 is 15.4 Å². The standard InChI is InChI=1S/C26H29ClN4O4S/c27-17-11-31(21-18(32)12-35-22(17)21)26(34)20(13-4-2-1-3-5-13)16-8-19(36-23(16)24(28)33)15-9-29-25(30-10-15)14-6-7-14/h8-10,13-14,17,20-22H,1-7,11-12H2,(H2,28,33)/t17-,20-,21+,22+/m0/s1. The summed E-state index contributed by atoms with van der Waals surface area (Å²) in [5.74, 6) is -0.0430. The molecular weight excluding hydrogens is 500 g/mol. The number of hydrogen-bond donors (Lipinski definition) is 1. The van der Waals surface area contributed by atoms with E-state index in [9.17, 15) is 14.4 Å². The molecule has 2 N–H and O–H groups in total. The van der Waals surface area contributed by atoms with E-state index in [0.717, 1.165) is 61.2 Å². The van der Waals surface area contributed by atoms with Gasteiger partial charge in [-0.15, -0.1) is 22.9 Å². The molecule has 6 rings (SSSR count). The number of ether oxygens (including phenoxy) is 1. The summed E-state index contributed by atoms with van der Waals surface area (Å²) < 4.78 is 5.61. The van der Waals surface area contributed by atoms with E-state index in [2.05, 4.69) is 9.97 Å². The van der Waals surface area contributed by atoms with E-state index in [0.29, 0.717) is 16.4 Å². The van der Waals surface area contributed by atoms with Gasteiger partial charge >= 0.3 is 0 Å². The molecule has 4 heterocycles. The van der Waals surface area contributed by atoms with Crippen LogP contribution in [-0.4, -0.2) is 63.1 Å². The Kier molecular flexibility index (Phi) is 6.34. The van der Waals surface area contributed by atoms with Crippen molar-refractivity contribution >= 4 is 40.5 Å². The van der Waals surface area contributed by atoms with Crippen molar-refractivity contribution in [2.45, 2.75) is 74.3 Å². The molecule has 8 nitrogen and oxygen atoms in total. The molecule has 4 fully saturated rings. The van der Waals surface area contributed by atoms with Crippen LogP contribution in [0.2, 0.25) is 0 Å². The van der Waals surface area contributed by atoms with Crippen LogP contribution in [0.25, 0.3) is 10.4 Å². The predicted octanol–water partition coefficient (Wildman–Crippen LogP) is 3.63. The number of nitrogens with two attached hydrogens (primary N) is 1. The molecule has 2 aromatic heterocycles. The number of alkyl halides is 1. The monoisotopic (exact) mass is 528 g/mol. The number of fused-ring (bicyclic) bond motifs is 1. The second kappa shape index (κ2) is 9.50. The summed E-state index contributed by atoms with van der Waals surface area (Å²) in [6.45, 7) is 0.229. The Hall–Kier alpha value is -2.36. The summed E-state index contributed by atoms with van der Waals surface area (Å²) in [7, 11) is 0. The van der Waals surface area contributed by atoms with Crippen molar-refractivity contribution in [1.82, 2.24) is 14.9 Å². The summed E-state index contributed by atoms with van der Waals surface area (Å²) in [6.07, 6.45) is 10.3. The van der Waals surface area contributed by atoms with Gasteiger partial charge in [0.05, 0.1) is 16.2 Å².